The molecule has 0 radical (unpaired) electrons. The Balaban J connectivity index is 1.29. The van der Waals surface area contributed by atoms with Gasteiger partial charge >= 0.3 is 0 Å². The summed E-state index contributed by atoms with van der Waals surface area (Å²) in [6, 6.07) is 7.50. The number of thioether (sulfide) groups is 1. The fraction of sp³-hybridized carbons (Fsp3) is 0.524. The van der Waals surface area contributed by atoms with Crippen LogP contribution in [-0.2, 0) is 6.54 Å². The summed E-state index contributed by atoms with van der Waals surface area (Å²) < 4.78 is 13.1. The number of piperidine rings is 1. The second-order valence-corrected chi connectivity index (χ2v) is 8.38. The number of benzene rings is 1. The van der Waals surface area contributed by atoms with E-state index in [1.807, 2.05) is 30.8 Å². The van der Waals surface area contributed by atoms with Crippen molar-refractivity contribution >= 4 is 17.4 Å². The highest BCUT2D eigenvalue weighted by atomic mass is 32.2. The molecule has 0 aliphatic carbocycles. The van der Waals surface area contributed by atoms with Crippen LogP contribution in [0.25, 0.3) is 0 Å². The zero-order valence-corrected chi connectivity index (χ0v) is 17.2. The standard InChI is InChI=1S/C21H28FN5S/c1-28-21-23-13-17(14-24-21)15-25-8-2-3-20(16-25)27-11-9-26(10-12-27)19-6-4-18(22)5-7-19/h4-7,13-14,20H,2-3,8-12,15-16H2,1H3. The van der Waals surface area contributed by atoms with E-state index in [0.717, 1.165) is 56.7 Å². The van der Waals surface area contributed by atoms with Crippen LogP contribution < -0.4 is 4.90 Å². The first-order valence-corrected chi connectivity index (χ1v) is 11.3. The molecule has 0 N–H and O–H groups in total. The smallest absolute Gasteiger partial charge is 0.187 e. The Bertz CT molecular complexity index is 746. The van der Waals surface area contributed by atoms with Gasteiger partial charge in [0.2, 0.25) is 0 Å². The molecule has 0 amide bonds. The van der Waals surface area contributed by atoms with Gasteiger partial charge in [-0.2, -0.15) is 0 Å². The van der Waals surface area contributed by atoms with Crippen molar-refractivity contribution in [3.05, 3.63) is 48.0 Å². The predicted molar refractivity (Wildman–Crippen MR) is 112 cm³/mol. The molecule has 7 heteroatoms. The van der Waals surface area contributed by atoms with Crippen molar-refractivity contribution in [1.29, 1.82) is 0 Å². The van der Waals surface area contributed by atoms with Gasteiger partial charge in [-0.15, -0.1) is 0 Å². The van der Waals surface area contributed by atoms with Gasteiger partial charge in [0.05, 0.1) is 0 Å². The maximum absolute atomic E-state index is 13.1. The van der Waals surface area contributed by atoms with E-state index in [1.165, 1.54) is 18.4 Å². The van der Waals surface area contributed by atoms with Crippen LogP contribution in [0.2, 0.25) is 0 Å². The van der Waals surface area contributed by atoms with Gasteiger partial charge in [-0.05, 0) is 49.9 Å². The van der Waals surface area contributed by atoms with Crippen LogP contribution in [-0.4, -0.2) is 71.3 Å². The van der Waals surface area contributed by atoms with Gasteiger partial charge in [-0.25, -0.2) is 14.4 Å². The first-order valence-electron chi connectivity index (χ1n) is 10.0. The van der Waals surface area contributed by atoms with Gasteiger partial charge in [-0.1, -0.05) is 11.8 Å². The molecule has 2 fully saturated rings. The second-order valence-electron chi connectivity index (χ2n) is 7.61. The Kier molecular flexibility index (Phi) is 6.44. The highest BCUT2D eigenvalue weighted by Gasteiger charge is 2.28. The Labute approximate surface area is 170 Å². The van der Waals surface area contributed by atoms with Crippen LogP contribution in [0.15, 0.2) is 41.8 Å². The normalized spacial score (nSPS) is 21.8. The molecule has 1 aromatic carbocycles. The molecule has 150 valence electrons. The molecule has 0 spiro atoms. The summed E-state index contributed by atoms with van der Waals surface area (Å²) in [5.74, 6) is -0.168. The lowest BCUT2D eigenvalue weighted by atomic mass is 10.0. The fourth-order valence-corrected chi connectivity index (χ4v) is 4.57. The molecule has 2 aliphatic heterocycles. The van der Waals surface area contributed by atoms with E-state index in [0.29, 0.717) is 6.04 Å². The highest BCUT2D eigenvalue weighted by Crippen LogP contribution is 2.22. The third-order valence-electron chi connectivity index (χ3n) is 5.77. The number of nitrogens with zero attached hydrogens (tertiary/aromatic N) is 5. The number of aromatic nitrogens is 2. The van der Waals surface area contributed by atoms with Crippen molar-refractivity contribution < 1.29 is 4.39 Å². The average molecular weight is 402 g/mol. The largest absolute Gasteiger partial charge is 0.369 e. The Hall–Kier alpha value is -1.70. The average Bonchev–Trinajstić information content (AvgIpc) is 2.75. The highest BCUT2D eigenvalue weighted by molar-refractivity contribution is 7.98. The molecule has 4 rings (SSSR count). The van der Waals surface area contributed by atoms with E-state index in [-0.39, 0.29) is 5.82 Å². The fourth-order valence-electron chi connectivity index (χ4n) is 4.26. The van der Waals surface area contributed by atoms with Crippen LogP contribution in [0.4, 0.5) is 10.1 Å². The van der Waals surface area contributed by atoms with Crippen LogP contribution in [0, 0.1) is 5.82 Å². The summed E-state index contributed by atoms with van der Waals surface area (Å²) in [6.07, 6.45) is 8.44. The van der Waals surface area contributed by atoms with E-state index in [9.17, 15) is 4.39 Å². The predicted octanol–water partition coefficient (Wildman–Crippen LogP) is 3.12. The van der Waals surface area contributed by atoms with Crippen molar-refractivity contribution in [3.63, 3.8) is 0 Å². The van der Waals surface area contributed by atoms with E-state index in [1.54, 1.807) is 23.9 Å². The van der Waals surface area contributed by atoms with Crippen LogP contribution in [0.5, 0.6) is 0 Å². The van der Waals surface area contributed by atoms with Crippen LogP contribution >= 0.6 is 11.8 Å². The minimum absolute atomic E-state index is 0.168. The number of anilines is 1. The van der Waals surface area contributed by atoms with Crippen molar-refractivity contribution in [2.45, 2.75) is 30.6 Å². The molecular formula is C21H28FN5S. The molecule has 2 saturated heterocycles. The van der Waals surface area contributed by atoms with Crippen molar-refractivity contribution in [2.75, 3.05) is 50.4 Å². The minimum atomic E-state index is -0.168. The summed E-state index contributed by atoms with van der Waals surface area (Å²) in [7, 11) is 0. The van der Waals surface area contributed by atoms with E-state index >= 15 is 0 Å². The molecule has 28 heavy (non-hydrogen) atoms. The van der Waals surface area contributed by atoms with Gasteiger partial charge < -0.3 is 4.90 Å². The van der Waals surface area contributed by atoms with E-state index in [4.69, 9.17) is 0 Å². The third kappa shape index (κ3) is 4.82. The zero-order valence-electron chi connectivity index (χ0n) is 16.4. The molecule has 2 aliphatic rings. The SMILES string of the molecule is CSc1ncc(CN2CCCC(N3CCN(c4ccc(F)cc4)CC3)C2)cn1. The quantitative estimate of drug-likeness (QED) is 0.566. The zero-order chi connectivity index (χ0) is 19.3. The number of halogens is 1. The van der Waals surface area contributed by atoms with Crippen molar-refractivity contribution in [1.82, 2.24) is 19.8 Å². The number of hydrogen-bond donors (Lipinski definition) is 0. The summed E-state index contributed by atoms with van der Waals surface area (Å²) >= 11 is 1.58. The summed E-state index contributed by atoms with van der Waals surface area (Å²) in [5.41, 5.74) is 2.32. The van der Waals surface area contributed by atoms with Gasteiger partial charge in [0.25, 0.3) is 0 Å². The molecule has 1 atom stereocenters. The number of hydrogen-bond acceptors (Lipinski definition) is 6. The molecule has 0 saturated carbocycles. The molecule has 0 bridgehead atoms. The maximum atomic E-state index is 13.1. The Morgan fingerprint density at radius 3 is 2.43 bits per heavy atom. The van der Waals surface area contributed by atoms with Crippen molar-refractivity contribution in [3.8, 4) is 0 Å². The van der Waals surface area contributed by atoms with Crippen LogP contribution in [0.1, 0.15) is 18.4 Å². The molecule has 1 aromatic heterocycles. The molecular weight excluding hydrogens is 373 g/mol. The minimum Gasteiger partial charge on any atom is -0.369 e. The monoisotopic (exact) mass is 401 g/mol. The summed E-state index contributed by atoms with van der Waals surface area (Å²) in [6.45, 7) is 7.35. The van der Waals surface area contributed by atoms with Gasteiger partial charge in [0.15, 0.2) is 5.16 Å². The van der Waals surface area contributed by atoms with Crippen molar-refractivity contribution in [2.24, 2.45) is 0 Å². The van der Waals surface area contributed by atoms with Gasteiger partial charge in [0.1, 0.15) is 5.82 Å². The molecule has 5 nitrogen and oxygen atoms in total. The van der Waals surface area contributed by atoms with Gasteiger partial charge in [-0.3, -0.25) is 9.80 Å². The first kappa shape index (κ1) is 19.6. The second kappa shape index (κ2) is 9.20. The number of piperazine rings is 1. The Morgan fingerprint density at radius 2 is 1.75 bits per heavy atom. The molecule has 3 heterocycles. The third-order valence-corrected chi connectivity index (χ3v) is 6.35. The van der Waals surface area contributed by atoms with Gasteiger partial charge in [0, 0.05) is 69.0 Å². The number of likely N-dealkylation sites (tertiary alicyclic amines) is 1. The first-order chi connectivity index (χ1) is 13.7. The lowest BCUT2D eigenvalue weighted by Gasteiger charge is -2.44. The lowest BCUT2D eigenvalue weighted by molar-refractivity contribution is 0.0886. The summed E-state index contributed by atoms with van der Waals surface area (Å²) in [4.78, 5) is 16.3. The Morgan fingerprint density at radius 1 is 1.04 bits per heavy atom. The summed E-state index contributed by atoms with van der Waals surface area (Å²) in [5, 5.41) is 0.833. The molecule has 1 unspecified atom stereocenters. The van der Waals surface area contributed by atoms with E-state index < -0.39 is 0 Å². The molecule has 2 aromatic rings. The van der Waals surface area contributed by atoms with E-state index in [2.05, 4.69) is 24.7 Å². The topological polar surface area (TPSA) is 35.5 Å². The maximum Gasteiger partial charge on any atom is 0.187 e. The van der Waals surface area contributed by atoms with Crippen LogP contribution in [0.3, 0.4) is 0 Å². The lowest BCUT2D eigenvalue weighted by Crippen LogP contribution is -2.55. The number of rotatable bonds is 5.